The number of ketones is 1. The van der Waals surface area contributed by atoms with Crippen molar-refractivity contribution in [3.63, 3.8) is 0 Å². The Labute approximate surface area is 169 Å². The lowest BCUT2D eigenvalue weighted by Crippen LogP contribution is -2.27. The van der Waals surface area contributed by atoms with Crippen molar-refractivity contribution < 1.29 is 23.9 Å². The molecule has 0 aliphatic heterocycles. The van der Waals surface area contributed by atoms with Crippen molar-refractivity contribution in [1.29, 1.82) is 0 Å². The van der Waals surface area contributed by atoms with Crippen LogP contribution in [-0.4, -0.2) is 31.8 Å². The van der Waals surface area contributed by atoms with Gasteiger partial charge in [-0.2, -0.15) is 0 Å². The van der Waals surface area contributed by atoms with Crippen molar-refractivity contribution in [3.05, 3.63) is 53.6 Å². The predicted molar refractivity (Wildman–Crippen MR) is 108 cm³/mol. The highest BCUT2D eigenvalue weighted by atomic mass is 16.5. The smallest absolute Gasteiger partial charge is 0.228 e. The molecule has 1 fully saturated rings. The maximum absolute atomic E-state index is 12.4. The zero-order chi connectivity index (χ0) is 21.0. The maximum Gasteiger partial charge on any atom is 0.228 e. The van der Waals surface area contributed by atoms with Crippen LogP contribution in [-0.2, 0) is 16.1 Å². The molecule has 7 nitrogen and oxygen atoms in total. The van der Waals surface area contributed by atoms with E-state index < -0.39 is 0 Å². The van der Waals surface area contributed by atoms with Crippen LogP contribution in [0.15, 0.2) is 42.5 Å². The highest BCUT2D eigenvalue weighted by Crippen LogP contribution is 2.39. The van der Waals surface area contributed by atoms with Crippen LogP contribution in [0.2, 0.25) is 0 Å². The van der Waals surface area contributed by atoms with Crippen LogP contribution < -0.4 is 20.1 Å². The molecule has 3 rings (SSSR count). The van der Waals surface area contributed by atoms with E-state index in [1.807, 2.05) is 6.07 Å². The lowest BCUT2D eigenvalue weighted by atomic mass is 10.1. The number of rotatable bonds is 8. The van der Waals surface area contributed by atoms with Gasteiger partial charge in [-0.1, -0.05) is 18.2 Å². The van der Waals surface area contributed by atoms with Crippen molar-refractivity contribution in [2.45, 2.75) is 19.9 Å². The predicted octanol–water partition coefficient (Wildman–Crippen LogP) is 2.80. The third-order valence-corrected chi connectivity index (χ3v) is 4.92. The van der Waals surface area contributed by atoms with Crippen LogP contribution in [0.5, 0.6) is 11.5 Å². The highest BCUT2D eigenvalue weighted by Gasteiger charge is 2.47. The second-order valence-corrected chi connectivity index (χ2v) is 6.98. The molecule has 0 saturated heterocycles. The van der Waals surface area contributed by atoms with Crippen molar-refractivity contribution in [3.8, 4) is 11.5 Å². The average Bonchev–Trinajstić information content (AvgIpc) is 3.53. The minimum absolute atomic E-state index is 0.0695. The van der Waals surface area contributed by atoms with E-state index in [0.717, 1.165) is 5.56 Å². The lowest BCUT2D eigenvalue weighted by Gasteiger charge is -2.10. The van der Waals surface area contributed by atoms with Gasteiger partial charge in [0.2, 0.25) is 11.8 Å². The van der Waals surface area contributed by atoms with Crippen molar-refractivity contribution in [1.82, 2.24) is 5.32 Å². The number of carbonyl (C=O) groups is 3. The first-order chi connectivity index (χ1) is 13.9. The molecule has 29 heavy (non-hydrogen) atoms. The Balaban J connectivity index is 1.52. The van der Waals surface area contributed by atoms with Gasteiger partial charge in [0.15, 0.2) is 17.3 Å². The van der Waals surface area contributed by atoms with Gasteiger partial charge in [-0.15, -0.1) is 0 Å². The van der Waals surface area contributed by atoms with Gasteiger partial charge in [0, 0.05) is 17.8 Å². The molecule has 1 aliphatic carbocycles. The summed E-state index contributed by atoms with van der Waals surface area (Å²) < 4.78 is 10.5. The van der Waals surface area contributed by atoms with Gasteiger partial charge in [0.1, 0.15) is 0 Å². The van der Waals surface area contributed by atoms with Crippen LogP contribution in [0.1, 0.15) is 29.3 Å². The molecule has 2 unspecified atom stereocenters. The Morgan fingerprint density at radius 2 is 1.69 bits per heavy atom. The molecule has 2 amide bonds. The van der Waals surface area contributed by atoms with Gasteiger partial charge in [-0.25, -0.2) is 0 Å². The van der Waals surface area contributed by atoms with Crippen LogP contribution in [0.25, 0.3) is 0 Å². The van der Waals surface area contributed by atoms with E-state index in [1.165, 1.54) is 6.92 Å². The molecular weight excluding hydrogens is 372 g/mol. The lowest BCUT2D eigenvalue weighted by molar-refractivity contribution is -0.125. The average molecular weight is 396 g/mol. The minimum Gasteiger partial charge on any atom is -0.493 e. The van der Waals surface area contributed by atoms with Gasteiger partial charge in [-0.05, 0) is 43.2 Å². The van der Waals surface area contributed by atoms with Gasteiger partial charge >= 0.3 is 0 Å². The van der Waals surface area contributed by atoms with E-state index in [-0.39, 0.29) is 29.4 Å². The van der Waals surface area contributed by atoms with Gasteiger partial charge in [-0.3, -0.25) is 14.4 Å². The molecule has 2 atom stereocenters. The van der Waals surface area contributed by atoms with E-state index in [2.05, 4.69) is 10.6 Å². The summed E-state index contributed by atoms with van der Waals surface area (Å²) >= 11 is 0. The standard InChI is InChI=1S/C22H24N2O5/c1-13(25)15-5-4-6-16(10-15)24-22(27)18-11-17(18)21(26)23-12-14-7-8-19(28-2)20(9-14)29-3/h4-10,17-18H,11-12H2,1-3H3,(H,23,26)(H,24,27). The van der Waals surface area contributed by atoms with E-state index in [0.29, 0.717) is 35.7 Å². The number of ether oxygens (including phenoxy) is 2. The molecule has 0 radical (unpaired) electrons. The number of benzene rings is 2. The number of hydrogen-bond acceptors (Lipinski definition) is 5. The number of anilines is 1. The molecule has 1 saturated carbocycles. The number of hydrogen-bond donors (Lipinski definition) is 2. The molecule has 152 valence electrons. The van der Waals surface area contributed by atoms with Crippen LogP contribution in [0.3, 0.4) is 0 Å². The molecule has 2 N–H and O–H groups in total. The summed E-state index contributed by atoms with van der Waals surface area (Å²) in [6.45, 7) is 1.81. The molecule has 7 heteroatoms. The fraction of sp³-hybridized carbons (Fsp3) is 0.318. The zero-order valence-corrected chi connectivity index (χ0v) is 16.7. The highest BCUT2D eigenvalue weighted by molar-refractivity contribution is 6.01. The molecule has 2 aromatic carbocycles. The normalized spacial score (nSPS) is 17.2. The number of methoxy groups -OCH3 is 2. The molecule has 2 aromatic rings. The fourth-order valence-corrected chi connectivity index (χ4v) is 3.14. The minimum atomic E-state index is -0.360. The van der Waals surface area contributed by atoms with Gasteiger partial charge < -0.3 is 20.1 Å². The zero-order valence-electron chi connectivity index (χ0n) is 16.7. The Morgan fingerprint density at radius 3 is 2.38 bits per heavy atom. The second kappa shape index (κ2) is 8.77. The molecular formula is C22H24N2O5. The Bertz CT molecular complexity index is 941. The van der Waals surface area contributed by atoms with Gasteiger partial charge in [0.05, 0.1) is 26.1 Å². The Kier molecular flexibility index (Phi) is 6.16. The summed E-state index contributed by atoms with van der Waals surface area (Å²) in [6.07, 6.45) is 0.510. The van der Waals surface area contributed by atoms with E-state index >= 15 is 0 Å². The fourth-order valence-electron chi connectivity index (χ4n) is 3.14. The molecule has 0 spiro atoms. The summed E-state index contributed by atoms with van der Waals surface area (Å²) in [5.74, 6) is 0.0768. The first-order valence-corrected chi connectivity index (χ1v) is 9.33. The van der Waals surface area contributed by atoms with E-state index in [4.69, 9.17) is 9.47 Å². The number of amides is 2. The summed E-state index contributed by atoms with van der Waals surface area (Å²) in [6, 6.07) is 12.2. The third kappa shape index (κ3) is 4.93. The summed E-state index contributed by atoms with van der Waals surface area (Å²) in [5, 5.41) is 5.65. The SMILES string of the molecule is COc1ccc(CNC(=O)C2CC2C(=O)Nc2cccc(C(C)=O)c2)cc1OC. The largest absolute Gasteiger partial charge is 0.493 e. The number of carbonyl (C=O) groups excluding carboxylic acids is 3. The summed E-state index contributed by atoms with van der Waals surface area (Å²) in [4.78, 5) is 36.2. The Morgan fingerprint density at radius 1 is 0.966 bits per heavy atom. The summed E-state index contributed by atoms with van der Waals surface area (Å²) in [7, 11) is 3.12. The molecule has 1 aliphatic rings. The topological polar surface area (TPSA) is 93.7 Å². The molecule has 0 bridgehead atoms. The molecule has 0 aromatic heterocycles. The third-order valence-electron chi connectivity index (χ3n) is 4.92. The maximum atomic E-state index is 12.4. The first-order valence-electron chi connectivity index (χ1n) is 9.33. The van der Waals surface area contributed by atoms with Crippen molar-refractivity contribution >= 4 is 23.3 Å². The summed E-state index contributed by atoms with van der Waals surface area (Å²) in [5.41, 5.74) is 1.96. The number of Topliss-reactive ketones (excluding diaryl/α,β-unsaturated/α-hetero) is 1. The Hall–Kier alpha value is -3.35. The monoisotopic (exact) mass is 396 g/mol. The van der Waals surface area contributed by atoms with Crippen molar-refractivity contribution in [2.24, 2.45) is 11.8 Å². The van der Waals surface area contributed by atoms with Crippen molar-refractivity contribution in [2.75, 3.05) is 19.5 Å². The number of nitrogens with one attached hydrogen (secondary N) is 2. The molecule has 0 heterocycles. The van der Waals surface area contributed by atoms with Crippen LogP contribution in [0.4, 0.5) is 5.69 Å². The second-order valence-electron chi connectivity index (χ2n) is 6.98. The first kappa shape index (κ1) is 20.4. The quantitative estimate of drug-likeness (QED) is 0.669. The van der Waals surface area contributed by atoms with Crippen LogP contribution in [0, 0.1) is 11.8 Å². The van der Waals surface area contributed by atoms with E-state index in [1.54, 1.807) is 50.6 Å². The van der Waals surface area contributed by atoms with Gasteiger partial charge in [0.25, 0.3) is 0 Å². The van der Waals surface area contributed by atoms with E-state index in [9.17, 15) is 14.4 Å². The van der Waals surface area contributed by atoms with Crippen LogP contribution >= 0.6 is 0 Å².